The van der Waals surface area contributed by atoms with E-state index >= 15 is 0 Å². The summed E-state index contributed by atoms with van der Waals surface area (Å²) < 4.78 is 28.6. The summed E-state index contributed by atoms with van der Waals surface area (Å²) in [5.41, 5.74) is 0. The maximum absolute atomic E-state index is 13.3. The number of unbranched alkanes of at least 4 members (excludes halogenated alkanes) is 30. The molecular weight excluding hydrogens is 1090 g/mol. The first-order valence-electron chi connectivity index (χ1n) is 35.2. The maximum atomic E-state index is 13.3. The van der Waals surface area contributed by atoms with Crippen LogP contribution in [0, 0.1) is 0 Å². The highest BCUT2D eigenvalue weighted by atomic mass is 16.7. The number of carboxylic acids is 1. The minimum Gasteiger partial charge on any atom is -0.479 e. The van der Waals surface area contributed by atoms with E-state index < -0.39 is 67.3 Å². The van der Waals surface area contributed by atoms with Crippen molar-refractivity contribution < 1.29 is 58.2 Å². The van der Waals surface area contributed by atoms with Crippen LogP contribution in [-0.2, 0) is 42.9 Å². The van der Waals surface area contributed by atoms with Gasteiger partial charge in [0, 0.05) is 19.3 Å². The monoisotopic (exact) mass is 1220 g/mol. The summed E-state index contributed by atoms with van der Waals surface area (Å²) in [6.45, 7) is 5.88. The lowest BCUT2D eigenvalue weighted by Gasteiger charge is -2.40. The molecule has 1 fully saturated rings. The van der Waals surface area contributed by atoms with Gasteiger partial charge >= 0.3 is 23.9 Å². The van der Waals surface area contributed by atoms with Crippen LogP contribution in [0.15, 0.2) is 97.2 Å². The van der Waals surface area contributed by atoms with Gasteiger partial charge in [-0.3, -0.25) is 14.4 Å². The normalized spacial score (nSPS) is 17.9. The number of aliphatic hydroxyl groups excluding tert-OH is 2. The van der Waals surface area contributed by atoms with E-state index in [0.29, 0.717) is 19.3 Å². The highest BCUT2D eigenvalue weighted by molar-refractivity contribution is 5.74. The Bertz CT molecular complexity index is 1880. The lowest BCUT2D eigenvalue weighted by atomic mass is 9.98. The van der Waals surface area contributed by atoms with E-state index in [4.69, 9.17) is 23.7 Å². The van der Waals surface area contributed by atoms with Gasteiger partial charge in [0.25, 0.3) is 0 Å². The lowest BCUT2D eigenvalue weighted by molar-refractivity contribution is -0.301. The van der Waals surface area contributed by atoms with E-state index in [1.807, 2.05) is 0 Å². The summed E-state index contributed by atoms with van der Waals surface area (Å²) in [4.78, 5) is 51.5. The van der Waals surface area contributed by atoms with Crippen molar-refractivity contribution in [1.29, 1.82) is 0 Å². The molecule has 3 N–H and O–H groups in total. The zero-order valence-electron chi connectivity index (χ0n) is 55.2. The van der Waals surface area contributed by atoms with Crippen molar-refractivity contribution in [3.8, 4) is 0 Å². The van der Waals surface area contributed by atoms with Gasteiger partial charge < -0.3 is 39.0 Å². The van der Waals surface area contributed by atoms with Crippen LogP contribution in [0.5, 0.6) is 0 Å². The molecule has 0 aliphatic carbocycles. The number of carboxylic acid groups (broad SMARTS) is 1. The number of hydrogen-bond acceptors (Lipinski definition) is 11. The lowest BCUT2D eigenvalue weighted by Crippen LogP contribution is -2.61. The van der Waals surface area contributed by atoms with E-state index in [9.17, 15) is 34.5 Å². The first-order chi connectivity index (χ1) is 42.6. The molecule has 87 heavy (non-hydrogen) atoms. The Hall–Kier alpha value is -4.36. The fraction of sp³-hybridized carbons (Fsp3) is 0.733. The van der Waals surface area contributed by atoms with Crippen LogP contribution in [0.1, 0.15) is 303 Å². The Morgan fingerprint density at radius 3 is 1.14 bits per heavy atom. The molecule has 1 saturated heterocycles. The maximum Gasteiger partial charge on any atom is 0.335 e. The van der Waals surface area contributed by atoms with E-state index in [1.54, 1.807) is 0 Å². The van der Waals surface area contributed by atoms with Gasteiger partial charge in [0.15, 0.2) is 24.6 Å². The van der Waals surface area contributed by atoms with Crippen LogP contribution in [-0.4, -0.2) is 89.2 Å². The summed E-state index contributed by atoms with van der Waals surface area (Å²) in [7, 11) is 0. The molecule has 0 amide bonds. The van der Waals surface area contributed by atoms with Crippen molar-refractivity contribution >= 4 is 23.9 Å². The molecule has 6 atom stereocenters. The minimum absolute atomic E-state index is 0.0174. The molecule has 0 radical (unpaired) electrons. The number of carbonyl (C=O) groups is 4. The number of hydrogen-bond donors (Lipinski definition) is 3. The zero-order chi connectivity index (χ0) is 63.1. The first kappa shape index (κ1) is 80.7. The molecular formula is C75H126O12. The molecule has 1 heterocycles. The van der Waals surface area contributed by atoms with E-state index in [1.165, 1.54) is 122 Å². The van der Waals surface area contributed by atoms with Gasteiger partial charge in [-0.15, -0.1) is 0 Å². The molecule has 1 aliphatic rings. The number of allylic oxidation sites excluding steroid dienone is 16. The number of carbonyl (C=O) groups excluding carboxylic acids is 3. The second-order valence-corrected chi connectivity index (χ2v) is 23.8. The fourth-order valence-electron chi connectivity index (χ4n) is 10.3. The Balaban J connectivity index is 2.67. The summed E-state index contributed by atoms with van der Waals surface area (Å²) in [6.07, 6.45) is 70.7. The van der Waals surface area contributed by atoms with Crippen LogP contribution < -0.4 is 0 Å². The van der Waals surface area contributed by atoms with Crippen LogP contribution in [0.25, 0.3) is 0 Å². The van der Waals surface area contributed by atoms with Gasteiger partial charge in [0.2, 0.25) is 0 Å². The molecule has 0 aromatic rings. The van der Waals surface area contributed by atoms with Gasteiger partial charge in [-0.05, 0) is 103 Å². The third-order valence-corrected chi connectivity index (χ3v) is 15.6. The minimum atomic E-state index is -1.92. The van der Waals surface area contributed by atoms with Crippen molar-refractivity contribution in [3.63, 3.8) is 0 Å². The number of rotatable bonds is 60. The average molecular weight is 1220 g/mol. The Morgan fingerprint density at radius 2 is 0.724 bits per heavy atom. The number of esters is 3. The summed E-state index contributed by atoms with van der Waals surface area (Å²) in [6, 6.07) is 0. The summed E-state index contributed by atoms with van der Waals surface area (Å²) in [5.74, 6) is -3.16. The topological polar surface area (TPSA) is 175 Å². The largest absolute Gasteiger partial charge is 0.479 e. The Kier molecular flexibility index (Phi) is 57.3. The van der Waals surface area contributed by atoms with E-state index in [0.717, 1.165) is 122 Å². The smallest absolute Gasteiger partial charge is 0.335 e. The quantitative estimate of drug-likeness (QED) is 0.0228. The molecule has 1 aliphatic heterocycles. The van der Waals surface area contributed by atoms with E-state index in [-0.39, 0.29) is 25.9 Å². The first-order valence-corrected chi connectivity index (χ1v) is 35.2. The molecule has 0 spiro atoms. The van der Waals surface area contributed by atoms with Crippen LogP contribution >= 0.6 is 0 Å². The second kappa shape index (κ2) is 61.9. The molecule has 498 valence electrons. The predicted molar refractivity (Wildman–Crippen MR) is 358 cm³/mol. The fourth-order valence-corrected chi connectivity index (χ4v) is 10.3. The Morgan fingerprint density at radius 1 is 0.391 bits per heavy atom. The molecule has 12 nitrogen and oxygen atoms in total. The highest BCUT2D eigenvalue weighted by Crippen LogP contribution is 2.27. The number of aliphatic carboxylic acids is 1. The summed E-state index contributed by atoms with van der Waals surface area (Å²) in [5, 5.41) is 31.7. The van der Waals surface area contributed by atoms with Crippen LogP contribution in [0.3, 0.4) is 0 Å². The predicted octanol–water partition coefficient (Wildman–Crippen LogP) is 19.6. The van der Waals surface area contributed by atoms with Crippen LogP contribution in [0.2, 0.25) is 0 Å². The van der Waals surface area contributed by atoms with Crippen molar-refractivity contribution in [2.24, 2.45) is 0 Å². The molecule has 0 saturated carbocycles. The van der Waals surface area contributed by atoms with Gasteiger partial charge in [0.05, 0.1) is 6.61 Å². The zero-order valence-corrected chi connectivity index (χ0v) is 55.2. The second-order valence-electron chi connectivity index (χ2n) is 23.8. The van der Waals surface area contributed by atoms with Gasteiger partial charge in [0.1, 0.15) is 18.8 Å². The molecule has 6 unspecified atom stereocenters. The molecule has 0 bridgehead atoms. The SMILES string of the molecule is CC/C=C\C/C=C\C/C=C\C/C=C\C/C=C\CCCCCC(=O)OC1C(OCC(COC(=O)CCCCCCCC/C=C\C/C=C\C/C=C\CCCCC)OC(=O)CCCCCCCCCCCCCCCCCCCCC)OC(C(=O)O)C(O)C1O. The number of aliphatic hydroxyl groups is 2. The van der Waals surface area contributed by atoms with Crippen molar-refractivity contribution in [2.45, 2.75) is 340 Å². The third-order valence-electron chi connectivity index (χ3n) is 15.6. The van der Waals surface area contributed by atoms with E-state index in [2.05, 4.69) is 118 Å². The molecule has 1 rings (SSSR count). The van der Waals surface area contributed by atoms with Crippen LogP contribution in [0.4, 0.5) is 0 Å². The van der Waals surface area contributed by atoms with Crippen molar-refractivity contribution in [1.82, 2.24) is 0 Å². The standard InChI is InChI=1S/C75H126O12/c1-4-7-10-13-16-19-22-25-28-31-34-37-40-43-46-49-52-55-58-61-67(76)83-64-66(85-68(77)62-59-56-53-50-47-44-41-38-35-32-29-26-23-20-17-14-11-8-5-2)65-84-75-73(71(80)70(79)72(87-75)74(81)82)86-69(78)63-60-57-54-51-48-45-42-39-36-33-30-27-24-21-18-15-12-9-6-3/h9,12,16,18-19,21,25,27-28,30,34,36-37,39,45,48,66,70-73,75,79-80H,4-8,10-11,13-15,17,20,22-24,26,29,31-33,35,38,40-44,46-47,49-65H2,1-3H3,(H,81,82)/b12-9-,19-16-,21-18-,28-25-,30-27-,37-34-,39-36-,48-45-. The van der Waals surface area contributed by atoms with Gasteiger partial charge in [-0.25, -0.2) is 4.79 Å². The molecule has 0 aromatic heterocycles. The third kappa shape index (κ3) is 51.1. The number of ether oxygens (including phenoxy) is 5. The average Bonchev–Trinajstić information content (AvgIpc) is 2.60. The highest BCUT2D eigenvalue weighted by Gasteiger charge is 2.50. The van der Waals surface area contributed by atoms with Gasteiger partial charge in [-0.2, -0.15) is 0 Å². The molecule has 12 heteroatoms. The van der Waals surface area contributed by atoms with Gasteiger partial charge in [-0.1, -0.05) is 279 Å². The summed E-state index contributed by atoms with van der Waals surface area (Å²) >= 11 is 0. The Labute approximate surface area is 530 Å². The molecule has 0 aromatic carbocycles. The van der Waals surface area contributed by atoms with Crippen molar-refractivity contribution in [3.05, 3.63) is 97.2 Å². The van der Waals surface area contributed by atoms with Crippen molar-refractivity contribution in [2.75, 3.05) is 13.2 Å².